The Morgan fingerprint density at radius 2 is 2.16 bits per heavy atom. The van der Waals surface area contributed by atoms with E-state index in [1.807, 2.05) is 0 Å². The topological polar surface area (TPSA) is 36.4 Å². The molecule has 2 aliphatic rings. The third-order valence-corrected chi connectivity index (χ3v) is 3.95. The predicted molar refractivity (Wildman–Crippen MR) is 75.2 cm³/mol. The van der Waals surface area contributed by atoms with Crippen molar-refractivity contribution in [3.05, 3.63) is 34.6 Å². The molecule has 102 valence electrons. The van der Waals surface area contributed by atoms with Gasteiger partial charge in [-0.2, -0.15) is 0 Å². The summed E-state index contributed by atoms with van der Waals surface area (Å²) in [6.45, 7) is 0. The Kier molecular flexibility index (Phi) is 3.35. The van der Waals surface area contributed by atoms with Crippen LogP contribution in [0.1, 0.15) is 30.7 Å². The van der Waals surface area contributed by atoms with Gasteiger partial charge < -0.3 is 10.6 Å². The fourth-order valence-electron chi connectivity index (χ4n) is 2.31. The second-order valence-corrected chi connectivity index (χ2v) is 5.63. The predicted octanol–water partition coefficient (Wildman–Crippen LogP) is 2.66. The molecule has 0 aromatic heterocycles. The summed E-state index contributed by atoms with van der Waals surface area (Å²) in [4.78, 5) is 4.19. The maximum absolute atomic E-state index is 13.8. The van der Waals surface area contributed by atoms with Crippen molar-refractivity contribution in [2.45, 2.75) is 37.3 Å². The molecule has 2 aliphatic carbocycles. The molecule has 0 heterocycles. The van der Waals surface area contributed by atoms with Crippen molar-refractivity contribution >= 4 is 17.6 Å². The third kappa shape index (κ3) is 2.84. The number of guanidine groups is 1. The molecular formula is C14H17ClFN3. The third-order valence-electron chi connectivity index (χ3n) is 3.62. The second-order valence-electron chi connectivity index (χ2n) is 5.22. The molecule has 2 atom stereocenters. The molecule has 0 amide bonds. The number of nitrogens with zero attached hydrogens (tertiary/aromatic N) is 1. The zero-order valence-electron chi connectivity index (χ0n) is 10.8. The van der Waals surface area contributed by atoms with Crippen molar-refractivity contribution in [3.63, 3.8) is 0 Å². The lowest BCUT2D eigenvalue weighted by atomic mass is 10.1. The minimum absolute atomic E-state index is 0.145. The zero-order chi connectivity index (χ0) is 13.4. The maximum atomic E-state index is 13.8. The molecule has 2 saturated carbocycles. The van der Waals surface area contributed by atoms with Crippen LogP contribution in [0.2, 0.25) is 5.02 Å². The highest BCUT2D eigenvalue weighted by Crippen LogP contribution is 2.44. The van der Waals surface area contributed by atoms with E-state index in [2.05, 4.69) is 15.6 Å². The number of hydrogen-bond acceptors (Lipinski definition) is 1. The first-order valence-corrected chi connectivity index (χ1v) is 7.00. The highest BCUT2D eigenvalue weighted by atomic mass is 35.5. The highest BCUT2D eigenvalue weighted by Gasteiger charge is 2.42. The first kappa shape index (κ1) is 12.7. The van der Waals surface area contributed by atoms with Gasteiger partial charge >= 0.3 is 0 Å². The summed E-state index contributed by atoms with van der Waals surface area (Å²) < 4.78 is 13.8. The van der Waals surface area contributed by atoms with E-state index in [0.717, 1.165) is 12.4 Å². The van der Waals surface area contributed by atoms with E-state index in [1.165, 1.54) is 18.9 Å². The van der Waals surface area contributed by atoms with Crippen LogP contribution in [0.5, 0.6) is 0 Å². The van der Waals surface area contributed by atoms with E-state index in [1.54, 1.807) is 19.2 Å². The average molecular weight is 282 g/mol. The molecule has 0 bridgehead atoms. The number of rotatable bonds is 3. The van der Waals surface area contributed by atoms with Crippen molar-refractivity contribution in [1.29, 1.82) is 0 Å². The van der Waals surface area contributed by atoms with Crippen LogP contribution in [0.25, 0.3) is 0 Å². The van der Waals surface area contributed by atoms with Crippen molar-refractivity contribution in [1.82, 2.24) is 10.6 Å². The van der Waals surface area contributed by atoms with Gasteiger partial charge in [-0.1, -0.05) is 17.7 Å². The number of aliphatic imine (C=N–C) groups is 1. The molecule has 0 radical (unpaired) electrons. The Morgan fingerprint density at radius 1 is 1.37 bits per heavy atom. The van der Waals surface area contributed by atoms with Crippen LogP contribution < -0.4 is 10.6 Å². The first-order valence-electron chi connectivity index (χ1n) is 6.63. The van der Waals surface area contributed by atoms with Crippen LogP contribution in [0.3, 0.4) is 0 Å². The summed E-state index contributed by atoms with van der Waals surface area (Å²) in [6, 6.07) is 5.62. The summed E-state index contributed by atoms with van der Waals surface area (Å²) in [7, 11) is 1.76. The Morgan fingerprint density at radius 3 is 2.79 bits per heavy atom. The quantitative estimate of drug-likeness (QED) is 0.660. The lowest BCUT2D eigenvalue weighted by Gasteiger charge is -2.11. The monoisotopic (exact) mass is 281 g/mol. The van der Waals surface area contributed by atoms with Crippen molar-refractivity contribution in [3.8, 4) is 0 Å². The molecule has 1 aromatic carbocycles. The van der Waals surface area contributed by atoms with Crippen LogP contribution in [-0.4, -0.2) is 25.1 Å². The SMILES string of the molecule is CN=C(NC1CC1)N[C@@H]1C[C@H]1c1c(F)cccc1Cl. The Labute approximate surface area is 117 Å². The molecule has 2 N–H and O–H groups in total. The lowest BCUT2D eigenvalue weighted by Crippen LogP contribution is -2.40. The van der Waals surface area contributed by atoms with Gasteiger partial charge in [-0.15, -0.1) is 0 Å². The molecule has 0 aliphatic heterocycles. The van der Waals surface area contributed by atoms with Crippen molar-refractivity contribution < 1.29 is 4.39 Å². The van der Waals surface area contributed by atoms with Crippen molar-refractivity contribution in [2.75, 3.05) is 7.05 Å². The van der Waals surface area contributed by atoms with Crippen LogP contribution in [-0.2, 0) is 0 Å². The second kappa shape index (κ2) is 5.00. The van der Waals surface area contributed by atoms with Gasteiger partial charge in [0.05, 0.1) is 0 Å². The van der Waals surface area contributed by atoms with Crippen LogP contribution >= 0.6 is 11.6 Å². The normalized spacial score (nSPS) is 26.2. The van der Waals surface area contributed by atoms with E-state index in [-0.39, 0.29) is 17.8 Å². The van der Waals surface area contributed by atoms with Gasteiger partial charge in [0.1, 0.15) is 5.82 Å². The molecule has 0 spiro atoms. The molecule has 19 heavy (non-hydrogen) atoms. The minimum atomic E-state index is -0.216. The Balaban J connectivity index is 1.64. The molecular weight excluding hydrogens is 265 g/mol. The minimum Gasteiger partial charge on any atom is -0.354 e. The van der Waals surface area contributed by atoms with Gasteiger partial charge in [0.15, 0.2) is 5.96 Å². The molecule has 0 saturated heterocycles. The number of benzene rings is 1. The van der Waals surface area contributed by atoms with Crippen LogP contribution in [0.4, 0.5) is 4.39 Å². The molecule has 0 unspecified atom stereocenters. The number of hydrogen-bond donors (Lipinski definition) is 2. The van der Waals surface area contributed by atoms with Crippen molar-refractivity contribution in [2.24, 2.45) is 4.99 Å². The smallest absolute Gasteiger partial charge is 0.191 e. The summed E-state index contributed by atoms with van der Waals surface area (Å²) >= 11 is 6.08. The van der Waals surface area contributed by atoms with Crippen LogP contribution in [0, 0.1) is 5.82 Å². The molecule has 3 rings (SSSR count). The average Bonchev–Trinajstić information content (AvgIpc) is 3.26. The molecule has 1 aromatic rings. The highest BCUT2D eigenvalue weighted by molar-refractivity contribution is 6.31. The van der Waals surface area contributed by atoms with Gasteiger partial charge in [-0.3, -0.25) is 4.99 Å². The molecule has 5 heteroatoms. The summed E-state index contributed by atoms with van der Waals surface area (Å²) in [5, 5.41) is 7.17. The standard InChI is InChI=1S/C14H17ClFN3/c1-17-14(18-8-5-6-8)19-12-7-9(12)13-10(15)3-2-4-11(13)16/h2-4,8-9,12H,5-7H2,1H3,(H2,17,18,19)/t9-,12-/m1/s1. The molecule has 2 fully saturated rings. The summed E-state index contributed by atoms with van der Waals surface area (Å²) in [5.41, 5.74) is 0.628. The van der Waals surface area contributed by atoms with E-state index >= 15 is 0 Å². The van der Waals surface area contributed by atoms with E-state index < -0.39 is 0 Å². The number of halogens is 2. The van der Waals surface area contributed by atoms with Gasteiger partial charge in [-0.05, 0) is 31.4 Å². The van der Waals surface area contributed by atoms with Gasteiger partial charge in [0, 0.05) is 35.6 Å². The number of nitrogens with one attached hydrogen (secondary N) is 2. The summed E-state index contributed by atoms with van der Waals surface area (Å²) in [6.07, 6.45) is 3.30. The fourth-order valence-corrected chi connectivity index (χ4v) is 2.61. The van der Waals surface area contributed by atoms with E-state index in [0.29, 0.717) is 16.6 Å². The first-order chi connectivity index (χ1) is 9.19. The largest absolute Gasteiger partial charge is 0.354 e. The molecule has 3 nitrogen and oxygen atoms in total. The fraction of sp³-hybridized carbons (Fsp3) is 0.500. The van der Waals surface area contributed by atoms with Crippen LogP contribution in [0.15, 0.2) is 23.2 Å². The lowest BCUT2D eigenvalue weighted by molar-refractivity contribution is 0.608. The Bertz CT molecular complexity index is 493. The Hall–Kier alpha value is -1.29. The van der Waals surface area contributed by atoms with E-state index in [4.69, 9.17) is 11.6 Å². The summed E-state index contributed by atoms with van der Waals surface area (Å²) in [5.74, 6) is 0.737. The van der Waals surface area contributed by atoms with E-state index in [9.17, 15) is 4.39 Å². The maximum Gasteiger partial charge on any atom is 0.191 e. The van der Waals surface area contributed by atoms with Gasteiger partial charge in [-0.25, -0.2) is 4.39 Å². The van der Waals surface area contributed by atoms with Gasteiger partial charge in [0.2, 0.25) is 0 Å². The zero-order valence-corrected chi connectivity index (χ0v) is 11.5. The van der Waals surface area contributed by atoms with Gasteiger partial charge in [0.25, 0.3) is 0 Å².